The normalized spacial score (nSPS) is 24.6. The number of carbonyl (C=O) groups excluding carboxylic acids is 2. The maximum atomic E-state index is 12.0. The minimum Gasteiger partial charge on any atom is -0.469 e. The summed E-state index contributed by atoms with van der Waals surface area (Å²) in [6.45, 7) is 2.23. The SMILES string of the molecule is COC(=O)CCN1CCOCC1C(=O)NC1CC1. The average molecular weight is 256 g/mol. The molecule has 1 aliphatic carbocycles. The van der Waals surface area contributed by atoms with Crippen LogP contribution in [0, 0.1) is 0 Å². The quantitative estimate of drug-likeness (QED) is 0.673. The van der Waals surface area contributed by atoms with Gasteiger partial charge in [-0.15, -0.1) is 0 Å². The van der Waals surface area contributed by atoms with E-state index < -0.39 is 0 Å². The highest BCUT2D eigenvalue weighted by Crippen LogP contribution is 2.19. The number of nitrogens with one attached hydrogen (secondary N) is 1. The molecule has 102 valence electrons. The molecule has 0 spiro atoms. The lowest BCUT2D eigenvalue weighted by molar-refractivity contribution is -0.143. The van der Waals surface area contributed by atoms with Crippen LogP contribution in [0.5, 0.6) is 0 Å². The molecule has 1 unspecified atom stereocenters. The molecule has 6 nitrogen and oxygen atoms in total. The molecule has 6 heteroatoms. The first-order chi connectivity index (χ1) is 8.70. The summed E-state index contributed by atoms with van der Waals surface area (Å²) in [5.74, 6) is -0.232. The molecule has 1 saturated heterocycles. The third-order valence-electron chi connectivity index (χ3n) is 3.30. The third kappa shape index (κ3) is 3.68. The topological polar surface area (TPSA) is 67.9 Å². The van der Waals surface area contributed by atoms with Crippen molar-refractivity contribution < 1.29 is 19.1 Å². The van der Waals surface area contributed by atoms with E-state index in [0.717, 1.165) is 12.8 Å². The molecule has 1 heterocycles. The van der Waals surface area contributed by atoms with Gasteiger partial charge >= 0.3 is 5.97 Å². The van der Waals surface area contributed by atoms with Crippen LogP contribution in [0.3, 0.4) is 0 Å². The Bertz CT molecular complexity index is 317. The van der Waals surface area contributed by atoms with Crippen LogP contribution >= 0.6 is 0 Å². The highest BCUT2D eigenvalue weighted by Gasteiger charge is 2.33. The molecule has 2 aliphatic rings. The van der Waals surface area contributed by atoms with Crippen molar-refractivity contribution >= 4 is 11.9 Å². The Morgan fingerprint density at radius 2 is 2.22 bits per heavy atom. The fraction of sp³-hybridized carbons (Fsp3) is 0.833. The molecule has 0 radical (unpaired) electrons. The summed E-state index contributed by atoms with van der Waals surface area (Å²) in [7, 11) is 1.37. The molecule has 18 heavy (non-hydrogen) atoms. The summed E-state index contributed by atoms with van der Waals surface area (Å²) in [5, 5.41) is 2.98. The number of hydrogen-bond donors (Lipinski definition) is 1. The van der Waals surface area contributed by atoms with E-state index >= 15 is 0 Å². The minimum atomic E-state index is -0.274. The van der Waals surface area contributed by atoms with E-state index in [4.69, 9.17) is 4.74 Å². The van der Waals surface area contributed by atoms with Crippen LogP contribution in [0.15, 0.2) is 0 Å². The number of hydrogen-bond acceptors (Lipinski definition) is 5. The fourth-order valence-corrected chi connectivity index (χ4v) is 2.01. The number of amides is 1. The molecule has 0 aromatic rings. The molecule has 1 aliphatic heterocycles. The van der Waals surface area contributed by atoms with Crippen LogP contribution in [0.4, 0.5) is 0 Å². The van der Waals surface area contributed by atoms with Gasteiger partial charge in [-0.3, -0.25) is 14.5 Å². The second kappa shape index (κ2) is 6.15. The number of rotatable bonds is 5. The molecule has 0 aromatic heterocycles. The number of esters is 1. The zero-order valence-corrected chi connectivity index (χ0v) is 10.7. The Morgan fingerprint density at radius 3 is 2.89 bits per heavy atom. The summed E-state index contributed by atoms with van der Waals surface area (Å²) < 4.78 is 9.96. The second-order valence-corrected chi connectivity index (χ2v) is 4.74. The monoisotopic (exact) mass is 256 g/mol. The van der Waals surface area contributed by atoms with Gasteiger partial charge in [0.15, 0.2) is 0 Å². The highest BCUT2D eigenvalue weighted by atomic mass is 16.5. The molecule has 1 atom stereocenters. The van der Waals surface area contributed by atoms with Gasteiger partial charge in [-0.2, -0.15) is 0 Å². The number of morpholine rings is 1. The fourth-order valence-electron chi connectivity index (χ4n) is 2.01. The standard InChI is InChI=1S/C12H20N2O4/c1-17-11(15)4-5-14-6-7-18-8-10(14)12(16)13-9-2-3-9/h9-10H,2-8H2,1H3,(H,13,16). The molecule has 1 N–H and O–H groups in total. The van der Waals surface area contributed by atoms with Gasteiger partial charge in [-0.1, -0.05) is 0 Å². The predicted octanol–water partition coefficient (Wildman–Crippen LogP) is -0.471. The minimum absolute atomic E-state index is 0.0158. The average Bonchev–Trinajstić information content (AvgIpc) is 3.20. The largest absolute Gasteiger partial charge is 0.469 e. The van der Waals surface area contributed by atoms with E-state index in [-0.39, 0.29) is 17.9 Å². The summed E-state index contributed by atoms with van der Waals surface area (Å²) in [6.07, 6.45) is 2.45. The second-order valence-electron chi connectivity index (χ2n) is 4.74. The Kier molecular flexibility index (Phi) is 4.54. The Morgan fingerprint density at radius 1 is 1.44 bits per heavy atom. The number of methoxy groups -OCH3 is 1. The Hall–Kier alpha value is -1.14. The van der Waals surface area contributed by atoms with Crippen LogP contribution in [-0.2, 0) is 19.1 Å². The molecule has 2 fully saturated rings. The third-order valence-corrected chi connectivity index (χ3v) is 3.30. The number of ether oxygens (including phenoxy) is 2. The van der Waals surface area contributed by atoms with Gasteiger partial charge < -0.3 is 14.8 Å². The first-order valence-corrected chi connectivity index (χ1v) is 6.39. The molecule has 1 amide bonds. The van der Waals surface area contributed by atoms with Crippen molar-refractivity contribution in [1.29, 1.82) is 0 Å². The zero-order chi connectivity index (χ0) is 13.0. The molecule has 0 bridgehead atoms. The van der Waals surface area contributed by atoms with Crippen molar-refractivity contribution in [3.63, 3.8) is 0 Å². The van der Waals surface area contributed by atoms with Crippen molar-refractivity contribution in [3.8, 4) is 0 Å². The maximum Gasteiger partial charge on any atom is 0.306 e. The van der Waals surface area contributed by atoms with E-state index in [2.05, 4.69) is 10.1 Å². The predicted molar refractivity (Wildman–Crippen MR) is 64.0 cm³/mol. The van der Waals surface area contributed by atoms with E-state index in [1.807, 2.05) is 4.90 Å². The maximum absolute atomic E-state index is 12.0. The summed E-state index contributed by atoms with van der Waals surface area (Å²) in [6, 6.07) is 0.0749. The van der Waals surface area contributed by atoms with E-state index in [1.165, 1.54) is 7.11 Å². The van der Waals surface area contributed by atoms with Gasteiger partial charge in [-0.05, 0) is 12.8 Å². The molecule has 0 aromatic carbocycles. The van der Waals surface area contributed by atoms with E-state index in [0.29, 0.717) is 38.8 Å². The van der Waals surface area contributed by atoms with Crippen molar-refractivity contribution in [2.24, 2.45) is 0 Å². The van der Waals surface area contributed by atoms with Crippen molar-refractivity contribution in [3.05, 3.63) is 0 Å². The van der Waals surface area contributed by atoms with Crippen molar-refractivity contribution in [2.75, 3.05) is 33.4 Å². The van der Waals surface area contributed by atoms with Crippen LogP contribution in [0.25, 0.3) is 0 Å². The van der Waals surface area contributed by atoms with Gasteiger partial charge in [0, 0.05) is 19.1 Å². The lowest BCUT2D eigenvalue weighted by atomic mass is 10.2. The number of carbonyl (C=O) groups is 2. The summed E-state index contributed by atoms with van der Waals surface area (Å²) in [5.41, 5.74) is 0. The van der Waals surface area contributed by atoms with Crippen molar-refractivity contribution in [1.82, 2.24) is 10.2 Å². The molecule has 1 saturated carbocycles. The van der Waals surface area contributed by atoms with Crippen LogP contribution < -0.4 is 5.32 Å². The van der Waals surface area contributed by atoms with Crippen LogP contribution in [0.1, 0.15) is 19.3 Å². The number of nitrogens with zero attached hydrogens (tertiary/aromatic N) is 1. The van der Waals surface area contributed by atoms with E-state index in [1.54, 1.807) is 0 Å². The summed E-state index contributed by atoms with van der Waals surface area (Å²) >= 11 is 0. The van der Waals surface area contributed by atoms with Gasteiger partial charge in [0.05, 0.1) is 26.7 Å². The molecule has 2 rings (SSSR count). The van der Waals surface area contributed by atoms with Gasteiger partial charge in [0.2, 0.25) is 5.91 Å². The first kappa shape index (κ1) is 13.3. The summed E-state index contributed by atoms with van der Waals surface area (Å²) in [4.78, 5) is 25.2. The van der Waals surface area contributed by atoms with Gasteiger partial charge in [0.1, 0.15) is 6.04 Å². The zero-order valence-electron chi connectivity index (χ0n) is 10.7. The van der Waals surface area contributed by atoms with Gasteiger partial charge in [0.25, 0.3) is 0 Å². The Labute approximate surface area is 107 Å². The van der Waals surface area contributed by atoms with Crippen LogP contribution in [-0.4, -0.2) is 62.3 Å². The van der Waals surface area contributed by atoms with Gasteiger partial charge in [-0.25, -0.2) is 0 Å². The lowest BCUT2D eigenvalue weighted by Crippen LogP contribution is -2.54. The first-order valence-electron chi connectivity index (χ1n) is 6.39. The molecular weight excluding hydrogens is 236 g/mol. The highest BCUT2D eigenvalue weighted by molar-refractivity contribution is 5.82. The van der Waals surface area contributed by atoms with Crippen LogP contribution in [0.2, 0.25) is 0 Å². The Balaban J connectivity index is 1.83. The van der Waals surface area contributed by atoms with E-state index in [9.17, 15) is 9.59 Å². The molecular formula is C12H20N2O4. The lowest BCUT2D eigenvalue weighted by Gasteiger charge is -2.34. The van der Waals surface area contributed by atoms with Crippen molar-refractivity contribution in [2.45, 2.75) is 31.3 Å². The smallest absolute Gasteiger partial charge is 0.306 e.